The second kappa shape index (κ2) is 8.43. The first-order valence-electron chi connectivity index (χ1n) is 8.24. The van der Waals surface area contributed by atoms with E-state index in [1.54, 1.807) is 6.07 Å². The first-order chi connectivity index (χ1) is 12.5. The van der Waals surface area contributed by atoms with E-state index < -0.39 is 10.0 Å². The van der Waals surface area contributed by atoms with Crippen LogP contribution in [0.5, 0.6) is 0 Å². The number of thioether (sulfide) groups is 1. The third-order valence-electron chi connectivity index (χ3n) is 4.01. The molecule has 1 aliphatic heterocycles. The highest BCUT2D eigenvalue weighted by molar-refractivity contribution is 8.00. The number of amides is 1. The van der Waals surface area contributed by atoms with E-state index in [1.807, 2.05) is 30.3 Å². The zero-order chi connectivity index (χ0) is 18.6. The maximum absolute atomic E-state index is 12.7. The molecule has 0 saturated carbocycles. The molecule has 0 unspecified atom stereocenters. The molecule has 0 radical (unpaired) electrons. The number of carbonyl (C=O) groups is 1. The van der Waals surface area contributed by atoms with Crippen LogP contribution in [0.25, 0.3) is 0 Å². The van der Waals surface area contributed by atoms with E-state index in [2.05, 4.69) is 5.32 Å². The van der Waals surface area contributed by atoms with Crippen LogP contribution in [0.4, 0.5) is 5.69 Å². The maximum atomic E-state index is 12.7. The Kier molecular flexibility index (Phi) is 6.24. The van der Waals surface area contributed by atoms with Gasteiger partial charge in [0.25, 0.3) is 0 Å². The first kappa shape index (κ1) is 19.2. The second-order valence-corrected chi connectivity index (χ2v) is 9.27. The molecule has 1 fully saturated rings. The van der Waals surface area contributed by atoms with Gasteiger partial charge in [-0.25, -0.2) is 8.42 Å². The van der Waals surface area contributed by atoms with Crippen molar-refractivity contribution in [2.24, 2.45) is 0 Å². The lowest BCUT2D eigenvalue weighted by molar-refractivity contribution is -0.113. The molecule has 138 valence electrons. The minimum absolute atomic E-state index is 0.0366. The summed E-state index contributed by atoms with van der Waals surface area (Å²) in [5.74, 6) is 0.0339. The number of hydrogen-bond acceptors (Lipinski definition) is 4. The number of anilines is 1. The maximum Gasteiger partial charge on any atom is 0.244 e. The summed E-state index contributed by atoms with van der Waals surface area (Å²) in [6, 6.07) is 14.1. The third-order valence-corrected chi connectivity index (χ3v) is 7.40. The zero-order valence-corrected chi connectivity index (χ0v) is 16.4. The molecule has 3 rings (SSSR count). The van der Waals surface area contributed by atoms with Gasteiger partial charge in [-0.3, -0.25) is 4.79 Å². The van der Waals surface area contributed by atoms with Gasteiger partial charge in [0, 0.05) is 23.7 Å². The Morgan fingerprint density at radius 1 is 1.12 bits per heavy atom. The molecule has 1 amide bonds. The highest BCUT2D eigenvalue weighted by Crippen LogP contribution is 2.29. The van der Waals surface area contributed by atoms with Gasteiger partial charge < -0.3 is 5.32 Å². The van der Waals surface area contributed by atoms with Crippen molar-refractivity contribution in [2.45, 2.75) is 22.6 Å². The Bertz CT molecular complexity index is 883. The standard InChI is InChI=1S/C18H19ClN2O3S2/c19-16-9-8-14(12-17(16)26(23,24)21-10-4-5-11-21)20-18(22)13-25-15-6-2-1-3-7-15/h1-3,6-9,12H,4-5,10-11,13H2,(H,20,22). The number of sulfonamides is 1. The van der Waals surface area contributed by atoms with Crippen LogP contribution in [-0.4, -0.2) is 37.5 Å². The molecule has 1 heterocycles. The molecule has 8 heteroatoms. The van der Waals surface area contributed by atoms with Crippen molar-refractivity contribution < 1.29 is 13.2 Å². The Labute approximate surface area is 162 Å². The van der Waals surface area contributed by atoms with Crippen LogP contribution in [0.15, 0.2) is 58.3 Å². The SMILES string of the molecule is O=C(CSc1ccccc1)Nc1ccc(Cl)c(S(=O)(=O)N2CCCC2)c1. The van der Waals surface area contributed by atoms with Crippen molar-refractivity contribution >= 4 is 45.0 Å². The molecule has 0 aromatic heterocycles. The summed E-state index contributed by atoms with van der Waals surface area (Å²) < 4.78 is 26.9. The smallest absolute Gasteiger partial charge is 0.244 e. The van der Waals surface area contributed by atoms with Crippen molar-refractivity contribution in [1.29, 1.82) is 0 Å². The normalized spacial score (nSPS) is 15.1. The van der Waals surface area contributed by atoms with E-state index in [4.69, 9.17) is 11.6 Å². The van der Waals surface area contributed by atoms with Gasteiger partial charge in [0.1, 0.15) is 4.90 Å². The lowest BCUT2D eigenvalue weighted by Gasteiger charge is -2.17. The quantitative estimate of drug-likeness (QED) is 0.734. The van der Waals surface area contributed by atoms with Gasteiger partial charge in [-0.2, -0.15) is 4.31 Å². The highest BCUT2D eigenvalue weighted by Gasteiger charge is 2.29. The van der Waals surface area contributed by atoms with Crippen molar-refractivity contribution in [3.8, 4) is 0 Å². The minimum Gasteiger partial charge on any atom is -0.325 e. The fraction of sp³-hybridized carbons (Fsp3) is 0.278. The predicted molar refractivity (Wildman–Crippen MR) is 105 cm³/mol. The second-order valence-electron chi connectivity index (χ2n) is 5.91. The van der Waals surface area contributed by atoms with E-state index in [-0.39, 0.29) is 21.6 Å². The fourth-order valence-corrected chi connectivity index (χ4v) is 5.45. The Balaban J connectivity index is 1.70. The summed E-state index contributed by atoms with van der Waals surface area (Å²) in [5, 5.41) is 2.90. The van der Waals surface area contributed by atoms with Crippen LogP contribution in [0.3, 0.4) is 0 Å². The van der Waals surface area contributed by atoms with Gasteiger partial charge in [0.05, 0.1) is 10.8 Å². The Morgan fingerprint density at radius 2 is 1.81 bits per heavy atom. The van der Waals surface area contributed by atoms with Crippen molar-refractivity contribution in [2.75, 3.05) is 24.2 Å². The number of nitrogens with zero attached hydrogens (tertiary/aromatic N) is 1. The topological polar surface area (TPSA) is 66.5 Å². The van der Waals surface area contributed by atoms with E-state index in [0.29, 0.717) is 18.8 Å². The molecular weight excluding hydrogens is 392 g/mol. The number of benzene rings is 2. The lowest BCUT2D eigenvalue weighted by Crippen LogP contribution is -2.28. The van der Waals surface area contributed by atoms with Gasteiger partial charge in [-0.05, 0) is 43.2 Å². The molecule has 0 spiro atoms. The molecule has 1 aliphatic rings. The van der Waals surface area contributed by atoms with E-state index in [0.717, 1.165) is 17.7 Å². The summed E-state index contributed by atoms with van der Waals surface area (Å²) in [7, 11) is -3.64. The number of rotatable bonds is 6. The van der Waals surface area contributed by atoms with E-state index >= 15 is 0 Å². The van der Waals surface area contributed by atoms with Crippen LogP contribution in [0.1, 0.15) is 12.8 Å². The van der Waals surface area contributed by atoms with Gasteiger partial charge in [0.15, 0.2) is 0 Å². The summed E-state index contributed by atoms with van der Waals surface area (Å²) in [4.78, 5) is 13.2. The monoisotopic (exact) mass is 410 g/mol. The number of halogens is 1. The summed E-state index contributed by atoms with van der Waals surface area (Å²) in [5.41, 5.74) is 0.422. The van der Waals surface area contributed by atoms with E-state index in [9.17, 15) is 13.2 Å². The molecule has 2 aromatic carbocycles. The van der Waals surface area contributed by atoms with Crippen molar-refractivity contribution in [3.05, 3.63) is 53.6 Å². The largest absolute Gasteiger partial charge is 0.325 e. The fourth-order valence-electron chi connectivity index (χ4n) is 2.71. The lowest BCUT2D eigenvalue weighted by atomic mass is 10.3. The third kappa shape index (κ3) is 4.59. The average Bonchev–Trinajstić information content (AvgIpc) is 3.18. The van der Waals surface area contributed by atoms with E-state index in [1.165, 1.54) is 28.2 Å². The van der Waals surface area contributed by atoms with Crippen LogP contribution >= 0.6 is 23.4 Å². The summed E-state index contributed by atoms with van der Waals surface area (Å²) in [6.07, 6.45) is 1.70. The number of nitrogens with one attached hydrogen (secondary N) is 1. The minimum atomic E-state index is -3.64. The number of carbonyl (C=O) groups excluding carboxylic acids is 1. The summed E-state index contributed by atoms with van der Waals surface area (Å²) >= 11 is 7.53. The predicted octanol–water partition coefficient (Wildman–Crippen LogP) is 3.86. The molecule has 2 aromatic rings. The van der Waals surface area contributed by atoms with Crippen LogP contribution in [0.2, 0.25) is 5.02 Å². The Hall–Kier alpha value is -1.54. The first-order valence-corrected chi connectivity index (χ1v) is 11.0. The van der Waals surface area contributed by atoms with Gasteiger partial charge in [-0.1, -0.05) is 29.8 Å². The van der Waals surface area contributed by atoms with Crippen LogP contribution in [0, 0.1) is 0 Å². The number of hydrogen-bond donors (Lipinski definition) is 1. The zero-order valence-electron chi connectivity index (χ0n) is 14.0. The molecule has 1 saturated heterocycles. The molecule has 0 aliphatic carbocycles. The molecule has 0 bridgehead atoms. The van der Waals surface area contributed by atoms with Gasteiger partial charge >= 0.3 is 0 Å². The average molecular weight is 411 g/mol. The molecule has 1 N–H and O–H groups in total. The molecule has 0 atom stereocenters. The Morgan fingerprint density at radius 3 is 2.50 bits per heavy atom. The van der Waals surface area contributed by atoms with Gasteiger partial charge in [-0.15, -0.1) is 11.8 Å². The van der Waals surface area contributed by atoms with Crippen LogP contribution < -0.4 is 5.32 Å². The van der Waals surface area contributed by atoms with Crippen LogP contribution in [-0.2, 0) is 14.8 Å². The summed E-state index contributed by atoms with van der Waals surface area (Å²) in [6.45, 7) is 1.01. The highest BCUT2D eigenvalue weighted by atomic mass is 35.5. The molecular formula is C18H19ClN2O3S2. The van der Waals surface area contributed by atoms with Crippen molar-refractivity contribution in [3.63, 3.8) is 0 Å². The molecule has 5 nitrogen and oxygen atoms in total. The van der Waals surface area contributed by atoms with Gasteiger partial charge in [0.2, 0.25) is 15.9 Å². The molecule has 26 heavy (non-hydrogen) atoms. The van der Waals surface area contributed by atoms with Crippen molar-refractivity contribution in [1.82, 2.24) is 4.31 Å².